The van der Waals surface area contributed by atoms with Gasteiger partial charge in [-0.3, -0.25) is 9.69 Å². The molecular formula is C19H31N5O. The molecule has 2 heterocycles. The van der Waals surface area contributed by atoms with Crippen molar-refractivity contribution < 1.29 is 4.79 Å². The molecule has 1 saturated heterocycles. The Morgan fingerprint density at radius 2 is 1.80 bits per heavy atom. The van der Waals surface area contributed by atoms with E-state index in [4.69, 9.17) is 0 Å². The van der Waals surface area contributed by atoms with Crippen molar-refractivity contribution in [3.63, 3.8) is 0 Å². The Kier molecular flexibility index (Phi) is 7.03. The Hall–Kier alpha value is -1.69. The van der Waals surface area contributed by atoms with Crippen LogP contribution in [0, 0.1) is 5.92 Å². The molecule has 1 aliphatic carbocycles. The van der Waals surface area contributed by atoms with E-state index in [1.165, 1.54) is 38.6 Å². The van der Waals surface area contributed by atoms with Crippen molar-refractivity contribution in [2.45, 2.75) is 44.9 Å². The molecule has 3 rings (SSSR count). The van der Waals surface area contributed by atoms with Gasteiger partial charge in [0, 0.05) is 58.1 Å². The molecule has 0 atom stereocenters. The summed E-state index contributed by atoms with van der Waals surface area (Å²) in [5, 5.41) is 3.15. The lowest BCUT2D eigenvalue weighted by atomic mass is 9.89. The lowest BCUT2D eigenvalue weighted by molar-refractivity contribution is -0.133. The van der Waals surface area contributed by atoms with Gasteiger partial charge in [-0.15, -0.1) is 0 Å². The summed E-state index contributed by atoms with van der Waals surface area (Å²) in [6.07, 6.45) is 11.9. The zero-order chi connectivity index (χ0) is 17.3. The molecule has 2 fully saturated rings. The summed E-state index contributed by atoms with van der Waals surface area (Å²) in [7, 11) is 0. The van der Waals surface area contributed by atoms with Crippen LogP contribution in [0.5, 0.6) is 0 Å². The van der Waals surface area contributed by atoms with Crippen LogP contribution in [-0.4, -0.2) is 64.9 Å². The highest BCUT2D eigenvalue weighted by molar-refractivity contribution is 5.76. The molecule has 2 aliphatic rings. The molecule has 0 aromatic carbocycles. The van der Waals surface area contributed by atoms with Gasteiger partial charge < -0.3 is 10.2 Å². The molecule has 6 heteroatoms. The molecule has 1 saturated carbocycles. The third-order valence-electron chi connectivity index (χ3n) is 5.38. The van der Waals surface area contributed by atoms with Crippen LogP contribution in [0.25, 0.3) is 0 Å². The number of amides is 1. The maximum atomic E-state index is 12.4. The van der Waals surface area contributed by atoms with Crippen LogP contribution in [0.4, 0.5) is 5.95 Å². The van der Waals surface area contributed by atoms with Crippen molar-refractivity contribution in [1.82, 2.24) is 19.8 Å². The minimum atomic E-state index is 0.285. The molecule has 0 radical (unpaired) electrons. The van der Waals surface area contributed by atoms with E-state index in [-0.39, 0.29) is 5.91 Å². The molecular weight excluding hydrogens is 314 g/mol. The number of piperazine rings is 1. The number of hydrogen-bond acceptors (Lipinski definition) is 5. The molecule has 25 heavy (non-hydrogen) atoms. The van der Waals surface area contributed by atoms with Gasteiger partial charge in [-0.1, -0.05) is 19.3 Å². The van der Waals surface area contributed by atoms with Gasteiger partial charge in [0.1, 0.15) is 0 Å². The fourth-order valence-electron chi connectivity index (χ4n) is 3.90. The summed E-state index contributed by atoms with van der Waals surface area (Å²) in [6, 6.07) is 1.79. The lowest BCUT2D eigenvalue weighted by Crippen LogP contribution is -2.49. The number of anilines is 1. The predicted octanol–water partition coefficient (Wildman–Crippen LogP) is 2.39. The zero-order valence-electron chi connectivity index (χ0n) is 15.2. The van der Waals surface area contributed by atoms with E-state index in [2.05, 4.69) is 20.2 Å². The first-order valence-corrected chi connectivity index (χ1v) is 9.82. The van der Waals surface area contributed by atoms with Crippen molar-refractivity contribution in [2.75, 3.05) is 44.6 Å². The molecule has 138 valence electrons. The van der Waals surface area contributed by atoms with Crippen molar-refractivity contribution in [3.8, 4) is 0 Å². The number of carbonyl (C=O) groups excluding carboxylic acids is 1. The van der Waals surface area contributed by atoms with Crippen LogP contribution in [0.1, 0.15) is 44.9 Å². The van der Waals surface area contributed by atoms with Gasteiger partial charge in [-0.2, -0.15) is 0 Å². The standard InChI is InChI=1S/C19H31N5O/c25-18(8-4-9-20-19-21-10-5-11-22-19)24-14-12-23(13-15-24)16-17-6-2-1-3-7-17/h5,10-11,17H,1-4,6-9,12-16H2,(H,20,21,22). The highest BCUT2D eigenvalue weighted by atomic mass is 16.2. The Balaban J connectivity index is 1.28. The van der Waals surface area contributed by atoms with Gasteiger partial charge in [0.2, 0.25) is 11.9 Å². The molecule has 1 aliphatic heterocycles. The zero-order valence-corrected chi connectivity index (χ0v) is 15.2. The lowest BCUT2D eigenvalue weighted by Gasteiger charge is -2.37. The quantitative estimate of drug-likeness (QED) is 0.769. The summed E-state index contributed by atoms with van der Waals surface area (Å²) >= 11 is 0. The summed E-state index contributed by atoms with van der Waals surface area (Å²) < 4.78 is 0. The number of aromatic nitrogens is 2. The van der Waals surface area contributed by atoms with E-state index < -0.39 is 0 Å². The van der Waals surface area contributed by atoms with Gasteiger partial charge in [0.05, 0.1) is 0 Å². The number of hydrogen-bond donors (Lipinski definition) is 1. The van der Waals surface area contributed by atoms with E-state index in [1.54, 1.807) is 18.5 Å². The Labute approximate surface area is 151 Å². The summed E-state index contributed by atoms with van der Waals surface area (Å²) in [5.74, 6) is 1.81. The SMILES string of the molecule is O=C(CCCNc1ncccn1)N1CCN(CC2CCCCC2)CC1. The van der Waals surface area contributed by atoms with Crippen LogP contribution >= 0.6 is 0 Å². The van der Waals surface area contributed by atoms with Gasteiger partial charge in [0.15, 0.2) is 0 Å². The van der Waals surface area contributed by atoms with Crippen molar-refractivity contribution in [3.05, 3.63) is 18.5 Å². The topological polar surface area (TPSA) is 61.4 Å². The second-order valence-corrected chi connectivity index (χ2v) is 7.29. The van der Waals surface area contributed by atoms with Gasteiger partial charge in [0.25, 0.3) is 0 Å². The molecule has 0 unspecified atom stereocenters. The minimum absolute atomic E-state index is 0.285. The third kappa shape index (κ3) is 5.96. The van der Waals surface area contributed by atoms with E-state index >= 15 is 0 Å². The predicted molar refractivity (Wildman–Crippen MR) is 99.4 cm³/mol. The van der Waals surface area contributed by atoms with Crippen LogP contribution in [0.3, 0.4) is 0 Å². The van der Waals surface area contributed by atoms with E-state index in [9.17, 15) is 4.79 Å². The first-order chi connectivity index (χ1) is 12.3. The number of nitrogens with one attached hydrogen (secondary N) is 1. The maximum Gasteiger partial charge on any atom is 0.222 e. The van der Waals surface area contributed by atoms with E-state index in [0.717, 1.165) is 45.1 Å². The van der Waals surface area contributed by atoms with Crippen molar-refractivity contribution in [1.29, 1.82) is 0 Å². The van der Waals surface area contributed by atoms with Crippen LogP contribution < -0.4 is 5.32 Å². The van der Waals surface area contributed by atoms with E-state index in [1.807, 2.05) is 4.90 Å². The van der Waals surface area contributed by atoms with Gasteiger partial charge in [-0.05, 0) is 31.2 Å². The largest absolute Gasteiger partial charge is 0.354 e. The highest BCUT2D eigenvalue weighted by Crippen LogP contribution is 2.24. The molecule has 1 amide bonds. The van der Waals surface area contributed by atoms with Crippen LogP contribution in [0.2, 0.25) is 0 Å². The number of rotatable bonds is 7. The number of nitrogens with zero attached hydrogens (tertiary/aromatic N) is 4. The first kappa shape index (κ1) is 18.1. The first-order valence-electron chi connectivity index (χ1n) is 9.82. The summed E-state index contributed by atoms with van der Waals surface area (Å²) in [4.78, 5) is 25.2. The molecule has 6 nitrogen and oxygen atoms in total. The molecule has 0 spiro atoms. The third-order valence-corrected chi connectivity index (χ3v) is 5.38. The summed E-state index contributed by atoms with van der Waals surface area (Å²) in [5.41, 5.74) is 0. The van der Waals surface area contributed by atoms with Gasteiger partial charge >= 0.3 is 0 Å². The second-order valence-electron chi connectivity index (χ2n) is 7.29. The highest BCUT2D eigenvalue weighted by Gasteiger charge is 2.23. The van der Waals surface area contributed by atoms with Crippen LogP contribution in [-0.2, 0) is 4.79 Å². The molecule has 1 N–H and O–H groups in total. The smallest absolute Gasteiger partial charge is 0.222 e. The average Bonchev–Trinajstić information content (AvgIpc) is 2.67. The Bertz CT molecular complexity index is 510. The number of carbonyl (C=O) groups is 1. The van der Waals surface area contributed by atoms with Crippen molar-refractivity contribution >= 4 is 11.9 Å². The fourth-order valence-corrected chi connectivity index (χ4v) is 3.90. The normalized spacial score (nSPS) is 19.8. The van der Waals surface area contributed by atoms with Crippen molar-refractivity contribution in [2.24, 2.45) is 5.92 Å². The maximum absolute atomic E-state index is 12.4. The molecule has 1 aromatic heterocycles. The fraction of sp³-hybridized carbons (Fsp3) is 0.737. The molecule has 0 bridgehead atoms. The summed E-state index contributed by atoms with van der Waals surface area (Å²) in [6.45, 7) is 5.83. The van der Waals surface area contributed by atoms with E-state index in [0.29, 0.717) is 12.4 Å². The monoisotopic (exact) mass is 345 g/mol. The molecule has 1 aromatic rings. The van der Waals surface area contributed by atoms with Gasteiger partial charge in [-0.25, -0.2) is 9.97 Å². The average molecular weight is 345 g/mol. The second kappa shape index (κ2) is 9.70. The van der Waals surface area contributed by atoms with Crippen LogP contribution in [0.15, 0.2) is 18.5 Å². The Morgan fingerprint density at radius 1 is 1.08 bits per heavy atom. The Morgan fingerprint density at radius 3 is 2.52 bits per heavy atom. The minimum Gasteiger partial charge on any atom is -0.354 e.